The highest BCUT2D eigenvalue weighted by Gasteiger charge is 2.08. The number of carbonyl (C=O) groups excluding carboxylic acids is 1. The molecule has 0 atom stereocenters. The van der Waals surface area contributed by atoms with Gasteiger partial charge in [0.25, 0.3) is 0 Å². The number of amides is 1. The molecule has 25 heavy (non-hydrogen) atoms. The number of aromatic nitrogens is 2. The maximum atomic E-state index is 11.5. The van der Waals surface area contributed by atoms with E-state index in [2.05, 4.69) is 31.7 Å². The van der Waals surface area contributed by atoms with Gasteiger partial charge in [0.1, 0.15) is 0 Å². The van der Waals surface area contributed by atoms with Crippen LogP contribution < -0.4 is 16.4 Å². The molecule has 0 aliphatic heterocycles. The van der Waals surface area contributed by atoms with Gasteiger partial charge in [-0.05, 0) is 42.0 Å². The number of rotatable bonds is 4. The molecule has 1 aromatic heterocycles. The van der Waals surface area contributed by atoms with Gasteiger partial charge in [-0.1, -0.05) is 15.9 Å². The highest BCUT2D eigenvalue weighted by Crippen LogP contribution is 2.31. The first-order valence-corrected chi connectivity index (χ1v) is 8.44. The molecule has 0 saturated heterocycles. The van der Waals surface area contributed by atoms with Crippen LogP contribution in [0.15, 0.2) is 53.3 Å². The molecule has 3 rings (SSSR count). The summed E-state index contributed by atoms with van der Waals surface area (Å²) in [5, 5.41) is 10.3. The van der Waals surface area contributed by atoms with Crippen molar-refractivity contribution in [1.29, 1.82) is 0 Å². The molecule has 7 heteroatoms. The van der Waals surface area contributed by atoms with E-state index >= 15 is 0 Å². The smallest absolute Gasteiger partial charge is 0.221 e. The molecule has 0 unspecified atom stereocenters. The number of nitrogens with one attached hydrogen (secondary N) is 2. The lowest BCUT2D eigenvalue weighted by atomic mass is 10.1. The number of hydrogen-bond acceptors (Lipinski definition) is 4. The summed E-state index contributed by atoms with van der Waals surface area (Å²) in [5.41, 5.74) is 10.9. The van der Waals surface area contributed by atoms with Crippen molar-refractivity contribution in [2.45, 2.75) is 6.92 Å². The number of halogens is 1. The van der Waals surface area contributed by atoms with Gasteiger partial charge in [0, 0.05) is 41.6 Å². The Bertz CT molecular complexity index is 935. The minimum absolute atomic E-state index is 0.127. The predicted molar refractivity (Wildman–Crippen MR) is 105 cm³/mol. The third-order valence-corrected chi connectivity index (χ3v) is 4.08. The molecule has 0 radical (unpaired) electrons. The van der Waals surface area contributed by atoms with E-state index in [1.807, 2.05) is 49.6 Å². The van der Waals surface area contributed by atoms with Crippen LogP contribution in [0.1, 0.15) is 6.92 Å². The standard InChI is InChI=1S/C18H18BrN5O/c1-11(25)22-15-5-12(13-9-21-24(2)10-13)6-16(8-15)23-18-4-3-14(19)7-17(18)20/h3-10,23H,20H2,1-2H3,(H,22,25). The maximum Gasteiger partial charge on any atom is 0.221 e. The number of aryl methyl sites for hydroxylation is 1. The maximum absolute atomic E-state index is 11.5. The van der Waals surface area contributed by atoms with Crippen LogP contribution in [-0.2, 0) is 11.8 Å². The molecule has 2 aromatic carbocycles. The largest absolute Gasteiger partial charge is 0.397 e. The van der Waals surface area contributed by atoms with E-state index in [0.29, 0.717) is 11.4 Å². The highest BCUT2D eigenvalue weighted by molar-refractivity contribution is 9.10. The lowest BCUT2D eigenvalue weighted by molar-refractivity contribution is -0.114. The number of hydrogen-bond donors (Lipinski definition) is 3. The van der Waals surface area contributed by atoms with Gasteiger partial charge in [-0.15, -0.1) is 0 Å². The van der Waals surface area contributed by atoms with Crippen LogP contribution >= 0.6 is 15.9 Å². The summed E-state index contributed by atoms with van der Waals surface area (Å²) in [4.78, 5) is 11.5. The molecule has 0 fully saturated rings. The van der Waals surface area contributed by atoms with Gasteiger partial charge >= 0.3 is 0 Å². The van der Waals surface area contributed by atoms with E-state index in [4.69, 9.17) is 5.73 Å². The fourth-order valence-corrected chi connectivity index (χ4v) is 2.89. The van der Waals surface area contributed by atoms with E-state index < -0.39 is 0 Å². The summed E-state index contributed by atoms with van der Waals surface area (Å²) in [6, 6.07) is 11.4. The number of nitrogens with zero attached hydrogens (tertiary/aromatic N) is 2. The predicted octanol–water partition coefficient (Wildman–Crippen LogP) is 4.13. The van der Waals surface area contributed by atoms with Crippen molar-refractivity contribution in [3.63, 3.8) is 0 Å². The molecule has 4 N–H and O–H groups in total. The SMILES string of the molecule is CC(=O)Nc1cc(Nc2ccc(Br)cc2N)cc(-c2cnn(C)c2)c1. The molecular weight excluding hydrogens is 382 g/mol. The van der Waals surface area contributed by atoms with Crippen LogP contribution in [0.4, 0.5) is 22.7 Å². The second-order valence-electron chi connectivity index (χ2n) is 5.74. The van der Waals surface area contributed by atoms with E-state index in [0.717, 1.165) is 27.0 Å². The van der Waals surface area contributed by atoms with Crippen LogP contribution in [0.25, 0.3) is 11.1 Å². The second kappa shape index (κ2) is 6.98. The number of nitrogen functional groups attached to an aromatic ring is 1. The Balaban J connectivity index is 2.00. The van der Waals surface area contributed by atoms with Crippen LogP contribution in [0.3, 0.4) is 0 Å². The normalized spacial score (nSPS) is 10.5. The number of benzene rings is 2. The second-order valence-corrected chi connectivity index (χ2v) is 6.66. The third-order valence-electron chi connectivity index (χ3n) is 3.58. The fourth-order valence-electron chi connectivity index (χ4n) is 2.52. The fraction of sp³-hybridized carbons (Fsp3) is 0.111. The zero-order chi connectivity index (χ0) is 18.0. The van der Waals surface area contributed by atoms with Gasteiger partial charge in [0.05, 0.1) is 17.6 Å². The molecule has 128 valence electrons. The summed E-state index contributed by atoms with van der Waals surface area (Å²) >= 11 is 3.40. The first-order chi connectivity index (χ1) is 11.9. The van der Waals surface area contributed by atoms with Gasteiger partial charge in [0.2, 0.25) is 5.91 Å². The molecular formula is C18H18BrN5O. The van der Waals surface area contributed by atoms with Crippen LogP contribution in [-0.4, -0.2) is 15.7 Å². The zero-order valence-electron chi connectivity index (χ0n) is 13.9. The molecule has 6 nitrogen and oxygen atoms in total. The van der Waals surface area contributed by atoms with Crippen molar-refractivity contribution in [2.75, 3.05) is 16.4 Å². The lowest BCUT2D eigenvalue weighted by Crippen LogP contribution is -2.06. The topological polar surface area (TPSA) is 85.0 Å². The summed E-state index contributed by atoms with van der Waals surface area (Å²) in [7, 11) is 1.86. The Labute approximate surface area is 154 Å². The Morgan fingerprint density at radius 3 is 2.56 bits per heavy atom. The van der Waals surface area contributed by atoms with E-state index in [1.54, 1.807) is 10.9 Å². The van der Waals surface area contributed by atoms with E-state index in [1.165, 1.54) is 6.92 Å². The monoisotopic (exact) mass is 399 g/mol. The summed E-state index contributed by atoms with van der Waals surface area (Å²) in [6.45, 7) is 1.48. The van der Waals surface area contributed by atoms with Crippen molar-refractivity contribution in [3.05, 3.63) is 53.3 Å². The summed E-state index contributed by atoms with van der Waals surface area (Å²) in [6.07, 6.45) is 3.70. The van der Waals surface area contributed by atoms with Gasteiger partial charge in [-0.3, -0.25) is 9.48 Å². The average molecular weight is 400 g/mol. The van der Waals surface area contributed by atoms with Crippen molar-refractivity contribution >= 4 is 44.6 Å². The lowest BCUT2D eigenvalue weighted by Gasteiger charge is -2.13. The van der Waals surface area contributed by atoms with Crippen molar-refractivity contribution in [2.24, 2.45) is 7.05 Å². The molecule has 1 heterocycles. The molecule has 0 spiro atoms. The Kier molecular flexibility index (Phi) is 4.76. The molecule has 0 saturated carbocycles. The Hall–Kier alpha value is -2.80. The third kappa shape index (κ3) is 4.19. The molecule has 1 amide bonds. The summed E-state index contributed by atoms with van der Waals surface area (Å²) < 4.78 is 2.65. The van der Waals surface area contributed by atoms with Crippen LogP contribution in [0.5, 0.6) is 0 Å². The van der Waals surface area contributed by atoms with Crippen molar-refractivity contribution < 1.29 is 4.79 Å². The molecule has 0 bridgehead atoms. The molecule has 0 aliphatic carbocycles. The van der Waals surface area contributed by atoms with E-state index in [9.17, 15) is 4.79 Å². The van der Waals surface area contributed by atoms with Gasteiger partial charge in [-0.25, -0.2) is 0 Å². The van der Waals surface area contributed by atoms with Crippen molar-refractivity contribution in [3.8, 4) is 11.1 Å². The van der Waals surface area contributed by atoms with Gasteiger partial charge in [0.15, 0.2) is 0 Å². The average Bonchev–Trinajstić information content (AvgIpc) is 2.96. The zero-order valence-corrected chi connectivity index (χ0v) is 15.5. The number of anilines is 4. The minimum atomic E-state index is -0.127. The van der Waals surface area contributed by atoms with Crippen LogP contribution in [0, 0.1) is 0 Å². The first-order valence-electron chi connectivity index (χ1n) is 7.64. The quantitative estimate of drug-likeness (QED) is 0.575. The first kappa shape index (κ1) is 17.0. The van der Waals surface area contributed by atoms with Crippen LogP contribution in [0.2, 0.25) is 0 Å². The molecule has 0 aliphatic rings. The minimum Gasteiger partial charge on any atom is -0.397 e. The number of carbonyl (C=O) groups is 1. The molecule has 3 aromatic rings. The number of nitrogens with two attached hydrogens (primary N) is 1. The van der Waals surface area contributed by atoms with Gasteiger partial charge < -0.3 is 16.4 Å². The summed E-state index contributed by atoms with van der Waals surface area (Å²) in [5.74, 6) is -0.127. The van der Waals surface area contributed by atoms with Gasteiger partial charge in [-0.2, -0.15) is 5.10 Å². The van der Waals surface area contributed by atoms with Crippen molar-refractivity contribution in [1.82, 2.24) is 9.78 Å². The Morgan fingerprint density at radius 1 is 1.16 bits per heavy atom. The Morgan fingerprint density at radius 2 is 1.92 bits per heavy atom. The van der Waals surface area contributed by atoms with E-state index in [-0.39, 0.29) is 5.91 Å². The highest BCUT2D eigenvalue weighted by atomic mass is 79.9.